The molecule has 6 nitrogen and oxygen atoms in total. The van der Waals surface area contributed by atoms with E-state index in [9.17, 15) is 0 Å². The van der Waals surface area contributed by atoms with Crippen LogP contribution >= 0.6 is 15.9 Å². The van der Waals surface area contributed by atoms with Crippen molar-refractivity contribution in [2.24, 2.45) is 0 Å². The summed E-state index contributed by atoms with van der Waals surface area (Å²) < 4.78 is 2.44. The van der Waals surface area contributed by atoms with Gasteiger partial charge in [0, 0.05) is 13.2 Å². The maximum atomic E-state index is 4.37. The lowest BCUT2D eigenvalue weighted by Crippen LogP contribution is -2.05. The van der Waals surface area contributed by atoms with E-state index in [-0.39, 0.29) is 0 Å². The second-order valence-corrected chi connectivity index (χ2v) is 4.46. The van der Waals surface area contributed by atoms with Gasteiger partial charge in [-0.25, -0.2) is 4.98 Å². The minimum Gasteiger partial charge on any atom is -0.357 e. The van der Waals surface area contributed by atoms with Crippen molar-refractivity contribution < 1.29 is 0 Å². The highest BCUT2D eigenvalue weighted by molar-refractivity contribution is 9.10. The van der Waals surface area contributed by atoms with Crippen molar-refractivity contribution in [3.8, 4) is 5.82 Å². The number of hydrogen-bond acceptors (Lipinski definition) is 5. The van der Waals surface area contributed by atoms with Crippen molar-refractivity contribution in [2.45, 2.75) is 0 Å². The molecule has 0 fully saturated rings. The summed E-state index contributed by atoms with van der Waals surface area (Å²) in [5, 5.41) is 11.1. The van der Waals surface area contributed by atoms with E-state index < -0.39 is 0 Å². The van der Waals surface area contributed by atoms with Gasteiger partial charge in [-0.05, 0) is 28.1 Å². The Bertz CT molecular complexity index is 708. The van der Waals surface area contributed by atoms with E-state index in [0.29, 0.717) is 11.8 Å². The summed E-state index contributed by atoms with van der Waals surface area (Å²) in [6.07, 6.45) is 1.69. The first-order valence-corrected chi connectivity index (χ1v) is 6.10. The molecule has 0 unspecified atom stereocenters. The summed E-state index contributed by atoms with van der Waals surface area (Å²) in [4.78, 5) is 8.49. The van der Waals surface area contributed by atoms with Gasteiger partial charge < -0.3 is 5.32 Å². The van der Waals surface area contributed by atoms with Gasteiger partial charge >= 0.3 is 0 Å². The lowest BCUT2D eigenvalue weighted by Gasteiger charge is -2.05. The average Bonchev–Trinajstić information content (AvgIpc) is 2.83. The summed E-state index contributed by atoms with van der Waals surface area (Å²) in [5.74, 6) is 1.19. The van der Waals surface area contributed by atoms with E-state index in [1.54, 1.807) is 17.9 Å². The topological polar surface area (TPSA) is 68.5 Å². The Hall–Kier alpha value is -2.02. The van der Waals surface area contributed by atoms with Crippen molar-refractivity contribution in [2.75, 3.05) is 12.4 Å². The summed E-state index contributed by atoms with van der Waals surface area (Å²) in [6.45, 7) is 0. The van der Waals surface area contributed by atoms with Crippen molar-refractivity contribution >= 4 is 32.9 Å². The van der Waals surface area contributed by atoms with Crippen LogP contribution in [0.3, 0.4) is 0 Å². The van der Waals surface area contributed by atoms with Gasteiger partial charge in [0.15, 0.2) is 5.82 Å². The van der Waals surface area contributed by atoms with E-state index in [1.165, 1.54) is 0 Å². The maximum absolute atomic E-state index is 4.37. The molecule has 1 N–H and O–H groups in total. The third kappa shape index (κ3) is 1.72. The molecule has 0 atom stereocenters. The van der Waals surface area contributed by atoms with Gasteiger partial charge in [-0.2, -0.15) is 9.67 Å². The summed E-state index contributed by atoms with van der Waals surface area (Å²) in [6, 6.07) is 7.72. The van der Waals surface area contributed by atoms with Gasteiger partial charge in [0.05, 0.1) is 9.99 Å². The van der Waals surface area contributed by atoms with Crippen molar-refractivity contribution in [1.82, 2.24) is 25.0 Å². The van der Waals surface area contributed by atoms with Crippen LogP contribution in [-0.4, -0.2) is 32.0 Å². The second-order valence-electron chi connectivity index (χ2n) is 3.61. The normalized spacial score (nSPS) is 10.8. The highest BCUT2D eigenvalue weighted by Crippen LogP contribution is 2.22. The van der Waals surface area contributed by atoms with Crippen LogP contribution in [0.4, 0.5) is 5.95 Å². The first kappa shape index (κ1) is 11.1. The minimum atomic E-state index is 0.535. The number of aromatic nitrogens is 5. The number of halogens is 1. The van der Waals surface area contributed by atoms with E-state index in [1.807, 2.05) is 24.3 Å². The first-order chi connectivity index (χ1) is 8.79. The summed E-state index contributed by atoms with van der Waals surface area (Å²) in [7, 11) is 1.77. The van der Waals surface area contributed by atoms with E-state index >= 15 is 0 Å². The number of rotatable bonds is 2. The Morgan fingerprint density at radius 2 is 2.11 bits per heavy atom. The van der Waals surface area contributed by atoms with Gasteiger partial charge in [-0.15, -0.1) is 5.10 Å². The predicted octanol–water partition coefficient (Wildman–Crippen LogP) is 2.01. The maximum Gasteiger partial charge on any atom is 0.224 e. The molecule has 0 aliphatic rings. The van der Waals surface area contributed by atoms with Crippen LogP contribution in [0.25, 0.3) is 16.9 Å². The predicted molar refractivity (Wildman–Crippen MR) is 71.7 cm³/mol. The van der Waals surface area contributed by atoms with Crippen molar-refractivity contribution in [3.63, 3.8) is 0 Å². The molecule has 1 aromatic carbocycles. The lowest BCUT2D eigenvalue weighted by atomic mass is 10.3. The van der Waals surface area contributed by atoms with E-state index in [0.717, 1.165) is 15.5 Å². The van der Waals surface area contributed by atoms with Crippen LogP contribution in [0, 0.1) is 0 Å². The molecule has 0 radical (unpaired) electrons. The molecule has 0 saturated carbocycles. The molecule has 90 valence electrons. The quantitative estimate of drug-likeness (QED) is 0.784. The fraction of sp³-hybridized carbons (Fsp3) is 0.0909. The molecule has 3 aromatic rings. The molecule has 2 aromatic heterocycles. The van der Waals surface area contributed by atoms with Crippen LogP contribution in [0.5, 0.6) is 0 Å². The molecule has 3 rings (SSSR count). The fourth-order valence-electron chi connectivity index (χ4n) is 1.65. The van der Waals surface area contributed by atoms with Gasteiger partial charge in [0.1, 0.15) is 5.52 Å². The van der Waals surface area contributed by atoms with Crippen LogP contribution in [0.15, 0.2) is 34.9 Å². The van der Waals surface area contributed by atoms with E-state index in [4.69, 9.17) is 0 Å². The lowest BCUT2D eigenvalue weighted by molar-refractivity contribution is 0.794. The number of benzene rings is 1. The van der Waals surface area contributed by atoms with Gasteiger partial charge in [-0.1, -0.05) is 17.3 Å². The fourth-order valence-corrected chi connectivity index (χ4v) is 2.01. The number of nitrogens with one attached hydrogen (secondary N) is 1. The van der Waals surface area contributed by atoms with Crippen LogP contribution in [0.1, 0.15) is 0 Å². The summed E-state index contributed by atoms with van der Waals surface area (Å²) >= 11 is 3.43. The van der Waals surface area contributed by atoms with Crippen molar-refractivity contribution in [3.05, 3.63) is 34.9 Å². The highest BCUT2D eigenvalue weighted by Gasteiger charge is 2.11. The van der Waals surface area contributed by atoms with E-state index in [2.05, 4.69) is 41.5 Å². The van der Waals surface area contributed by atoms with Crippen molar-refractivity contribution in [1.29, 1.82) is 0 Å². The standard InChI is InChI=1S/C11H9BrN6/c1-13-11-14-6-7(12)10(15-11)18-9-5-3-2-4-8(9)16-17-18/h2-6H,1H3,(H,13,14,15). The molecule has 0 saturated heterocycles. The van der Waals surface area contributed by atoms with Crippen LogP contribution in [0.2, 0.25) is 0 Å². The van der Waals surface area contributed by atoms with Crippen LogP contribution in [-0.2, 0) is 0 Å². The molecular formula is C11H9BrN6. The largest absolute Gasteiger partial charge is 0.357 e. The number of anilines is 1. The third-order valence-electron chi connectivity index (χ3n) is 2.50. The number of fused-ring (bicyclic) bond motifs is 1. The molecule has 2 heterocycles. The molecule has 0 amide bonds. The molecule has 7 heteroatoms. The van der Waals surface area contributed by atoms with Gasteiger partial charge in [-0.3, -0.25) is 0 Å². The molecular weight excluding hydrogens is 296 g/mol. The Labute approximate surface area is 111 Å². The highest BCUT2D eigenvalue weighted by atomic mass is 79.9. The SMILES string of the molecule is CNc1ncc(Br)c(-n2nnc3ccccc32)n1. The summed E-state index contributed by atoms with van der Waals surface area (Å²) in [5.41, 5.74) is 1.73. The first-order valence-electron chi connectivity index (χ1n) is 5.30. The average molecular weight is 305 g/mol. The second kappa shape index (κ2) is 4.34. The molecule has 0 aliphatic heterocycles. The molecule has 0 spiro atoms. The van der Waals surface area contributed by atoms with Crippen LogP contribution < -0.4 is 5.32 Å². The van der Waals surface area contributed by atoms with Gasteiger partial charge in [0.25, 0.3) is 0 Å². The zero-order chi connectivity index (χ0) is 12.5. The smallest absolute Gasteiger partial charge is 0.224 e. The van der Waals surface area contributed by atoms with Gasteiger partial charge in [0.2, 0.25) is 5.95 Å². The Balaban J connectivity index is 2.25. The minimum absolute atomic E-state index is 0.535. The number of hydrogen-bond donors (Lipinski definition) is 1. The number of nitrogens with zero attached hydrogens (tertiary/aromatic N) is 5. The zero-order valence-corrected chi connectivity index (χ0v) is 11.1. The molecule has 0 bridgehead atoms. The molecule has 18 heavy (non-hydrogen) atoms. The zero-order valence-electron chi connectivity index (χ0n) is 9.50. The third-order valence-corrected chi connectivity index (χ3v) is 3.06. The Morgan fingerprint density at radius 3 is 2.94 bits per heavy atom. The monoisotopic (exact) mass is 304 g/mol. The Morgan fingerprint density at radius 1 is 1.28 bits per heavy atom. The Kier molecular flexibility index (Phi) is 2.67. The molecule has 0 aliphatic carbocycles. The number of para-hydroxylation sites is 1.